The lowest BCUT2D eigenvalue weighted by molar-refractivity contribution is 0.0424. The highest BCUT2D eigenvalue weighted by molar-refractivity contribution is 5.06. The minimum atomic E-state index is 0.260. The average molecular weight is 181 g/mol. The molecule has 76 valence electrons. The SMILES string of the molecule is CCCC1(C)CCCC2(N)CC1C2. The zero-order chi connectivity index (χ0) is 9.53. The van der Waals surface area contributed by atoms with Crippen LogP contribution in [0.1, 0.15) is 58.8 Å². The topological polar surface area (TPSA) is 26.0 Å². The molecule has 0 heterocycles. The largest absolute Gasteiger partial charge is 0.325 e. The molecule has 0 spiro atoms. The van der Waals surface area contributed by atoms with Crippen molar-refractivity contribution in [2.45, 2.75) is 64.3 Å². The Bertz CT molecular complexity index is 193. The highest BCUT2D eigenvalue weighted by atomic mass is 14.8. The fourth-order valence-electron chi connectivity index (χ4n) is 3.57. The van der Waals surface area contributed by atoms with Crippen LogP contribution in [0.2, 0.25) is 0 Å². The van der Waals surface area contributed by atoms with Gasteiger partial charge in [0, 0.05) is 5.54 Å². The highest BCUT2D eigenvalue weighted by Crippen LogP contribution is 2.56. The average Bonchev–Trinajstić information content (AvgIpc) is 2.16. The Morgan fingerprint density at radius 2 is 2.00 bits per heavy atom. The molecule has 1 heteroatoms. The first kappa shape index (κ1) is 9.51. The lowest BCUT2D eigenvalue weighted by Crippen LogP contribution is -2.53. The van der Waals surface area contributed by atoms with E-state index in [4.69, 9.17) is 5.73 Å². The molecule has 0 amide bonds. The summed E-state index contributed by atoms with van der Waals surface area (Å²) in [5.74, 6) is 0.944. The molecule has 3 fully saturated rings. The molecule has 1 nitrogen and oxygen atoms in total. The Kier molecular flexibility index (Phi) is 2.18. The highest BCUT2D eigenvalue weighted by Gasteiger charge is 2.50. The zero-order valence-electron chi connectivity index (χ0n) is 9.10. The first-order valence-electron chi connectivity index (χ1n) is 5.87. The van der Waals surface area contributed by atoms with Gasteiger partial charge in [-0.1, -0.05) is 26.7 Å². The second-order valence-corrected chi connectivity index (χ2v) is 5.73. The van der Waals surface area contributed by atoms with Gasteiger partial charge in [-0.05, 0) is 43.4 Å². The second kappa shape index (κ2) is 2.98. The van der Waals surface area contributed by atoms with Crippen molar-refractivity contribution in [3.05, 3.63) is 0 Å². The Balaban J connectivity index is 2.06. The predicted molar refractivity (Wildman–Crippen MR) is 56.5 cm³/mol. The van der Waals surface area contributed by atoms with E-state index < -0.39 is 0 Å². The molecule has 1 atom stereocenters. The summed E-state index contributed by atoms with van der Waals surface area (Å²) in [5, 5.41) is 0. The number of rotatable bonds is 2. The molecule has 0 aromatic heterocycles. The van der Waals surface area contributed by atoms with Crippen LogP contribution in [0.3, 0.4) is 0 Å². The first-order chi connectivity index (χ1) is 6.08. The van der Waals surface area contributed by atoms with Gasteiger partial charge in [-0.2, -0.15) is 0 Å². The van der Waals surface area contributed by atoms with E-state index in [-0.39, 0.29) is 5.54 Å². The molecule has 0 saturated heterocycles. The van der Waals surface area contributed by atoms with E-state index in [0.717, 1.165) is 5.92 Å². The molecule has 1 unspecified atom stereocenters. The Morgan fingerprint density at radius 1 is 1.31 bits per heavy atom. The maximum absolute atomic E-state index is 6.26. The van der Waals surface area contributed by atoms with Crippen LogP contribution < -0.4 is 5.73 Å². The van der Waals surface area contributed by atoms with E-state index in [1.165, 1.54) is 44.9 Å². The van der Waals surface area contributed by atoms with Gasteiger partial charge < -0.3 is 5.73 Å². The van der Waals surface area contributed by atoms with Crippen LogP contribution in [0, 0.1) is 11.3 Å². The van der Waals surface area contributed by atoms with Crippen LogP contribution in [0.4, 0.5) is 0 Å². The van der Waals surface area contributed by atoms with Gasteiger partial charge in [-0.15, -0.1) is 0 Å². The fourth-order valence-corrected chi connectivity index (χ4v) is 3.57. The molecular formula is C12H23N. The van der Waals surface area contributed by atoms with Crippen molar-refractivity contribution in [3.63, 3.8) is 0 Å². The van der Waals surface area contributed by atoms with Gasteiger partial charge in [-0.3, -0.25) is 0 Å². The van der Waals surface area contributed by atoms with Crippen LogP contribution in [0.25, 0.3) is 0 Å². The summed E-state index contributed by atoms with van der Waals surface area (Å²) in [5.41, 5.74) is 7.15. The van der Waals surface area contributed by atoms with Crippen LogP contribution in [-0.4, -0.2) is 5.54 Å². The number of hydrogen-bond donors (Lipinski definition) is 1. The molecule has 0 aromatic rings. The van der Waals surface area contributed by atoms with Crippen molar-refractivity contribution in [2.24, 2.45) is 17.1 Å². The molecule has 0 radical (unpaired) electrons. The molecule has 3 aliphatic carbocycles. The van der Waals surface area contributed by atoms with Crippen molar-refractivity contribution in [1.29, 1.82) is 0 Å². The van der Waals surface area contributed by atoms with E-state index >= 15 is 0 Å². The molecule has 0 aromatic carbocycles. The van der Waals surface area contributed by atoms with Crippen molar-refractivity contribution in [3.8, 4) is 0 Å². The predicted octanol–water partition coefficient (Wildman–Crippen LogP) is 3.08. The van der Waals surface area contributed by atoms with Gasteiger partial charge in [-0.25, -0.2) is 0 Å². The summed E-state index contributed by atoms with van der Waals surface area (Å²) in [6.45, 7) is 4.80. The molecular weight excluding hydrogens is 158 g/mol. The van der Waals surface area contributed by atoms with Crippen LogP contribution in [0.15, 0.2) is 0 Å². The molecule has 3 rings (SSSR count). The number of fused-ring (bicyclic) bond motifs is 3. The Labute approximate surface area is 82.1 Å². The smallest absolute Gasteiger partial charge is 0.0160 e. The minimum absolute atomic E-state index is 0.260. The standard InChI is InChI=1S/C12H23N/c1-3-5-11(2)6-4-7-12(13)8-10(11)9-12/h10H,3-9,13H2,1-2H3. The fraction of sp³-hybridized carbons (Fsp3) is 1.00. The van der Waals surface area contributed by atoms with Gasteiger partial charge in [0.05, 0.1) is 0 Å². The number of hydrogen-bond acceptors (Lipinski definition) is 1. The van der Waals surface area contributed by atoms with Gasteiger partial charge in [0.2, 0.25) is 0 Å². The normalized spacial score (nSPS) is 49.6. The monoisotopic (exact) mass is 181 g/mol. The zero-order valence-corrected chi connectivity index (χ0v) is 9.10. The van der Waals surface area contributed by atoms with E-state index in [0.29, 0.717) is 5.41 Å². The minimum Gasteiger partial charge on any atom is -0.325 e. The van der Waals surface area contributed by atoms with Crippen molar-refractivity contribution in [2.75, 3.05) is 0 Å². The molecule has 2 N–H and O–H groups in total. The molecule has 0 aliphatic heterocycles. The summed E-state index contributed by atoms with van der Waals surface area (Å²) < 4.78 is 0. The van der Waals surface area contributed by atoms with Crippen molar-refractivity contribution >= 4 is 0 Å². The van der Waals surface area contributed by atoms with Gasteiger partial charge in [0.25, 0.3) is 0 Å². The molecule has 13 heavy (non-hydrogen) atoms. The Hall–Kier alpha value is -0.0400. The molecule has 3 saturated carbocycles. The third-order valence-corrected chi connectivity index (χ3v) is 4.54. The maximum Gasteiger partial charge on any atom is 0.0160 e. The van der Waals surface area contributed by atoms with Crippen LogP contribution >= 0.6 is 0 Å². The first-order valence-corrected chi connectivity index (χ1v) is 5.87. The summed E-state index contributed by atoms with van der Waals surface area (Å²) in [7, 11) is 0. The summed E-state index contributed by atoms with van der Waals surface area (Å²) in [6.07, 6.45) is 9.43. The third-order valence-electron chi connectivity index (χ3n) is 4.54. The van der Waals surface area contributed by atoms with Gasteiger partial charge in [0.1, 0.15) is 0 Å². The summed E-state index contributed by atoms with van der Waals surface area (Å²) >= 11 is 0. The molecule has 2 bridgehead atoms. The lowest BCUT2D eigenvalue weighted by Gasteiger charge is -2.50. The van der Waals surface area contributed by atoms with E-state index in [2.05, 4.69) is 13.8 Å². The Morgan fingerprint density at radius 3 is 2.62 bits per heavy atom. The van der Waals surface area contributed by atoms with Gasteiger partial charge >= 0.3 is 0 Å². The third kappa shape index (κ3) is 1.52. The summed E-state index contributed by atoms with van der Waals surface area (Å²) in [6, 6.07) is 0. The van der Waals surface area contributed by atoms with E-state index in [1.807, 2.05) is 0 Å². The van der Waals surface area contributed by atoms with Gasteiger partial charge in [0.15, 0.2) is 0 Å². The number of nitrogens with two attached hydrogens (primary N) is 1. The lowest BCUT2D eigenvalue weighted by atomic mass is 9.58. The summed E-state index contributed by atoms with van der Waals surface area (Å²) in [4.78, 5) is 0. The van der Waals surface area contributed by atoms with Crippen LogP contribution in [0.5, 0.6) is 0 Å². The van der Waals surface area contributed by atoms with Crippen molar-refractivity contribution < 1.29 is 0 Å². The van der Waals surface area contributed by atoms with E-state index in [9.17, 15) is 0 Å². The van der Waals surface area contributed by atoms with E-state index in [1.54, 1.807) is 0 Å². The van der Waals surface area contributed by atoms with Crippen LogP contribution in [-0.2, 0) is 0 Å². The second-order valence-electron chi connectivity index (χ2n) is 5.73. The molecule has 3 aliphatic rings. The maximum atomic E-state index is 6.26. The quantitative estimate of drug-likeness (QED) is 0.696. The van der Waals surface area contributed by atoms with Crippen molar-refractivity contribution in [1.82, 2.24) is 0 Å².